The van der Waals surface area contributed by atoms with E-state index in [9.17, 15) is 9.59 Å². The van der Waals surface area contributed by atoms with Crippen molar-refractivity contribution in [1.82, 2.24) is 5.32 Å². The van der Waals surface area contributed by atoms with Gasteiger partial charge in [0.15, 0.2) is 0 Å². The topological polar surface area (TPSA) is 73.9 Å². The standard InChI is InChI=1S/C21H29NO5/c1-5-25-18(23)15-8-6-14(7-9-15)17-12-16-10-11-21(16,13-26-17)22-19(24)27-20(2,3)4/h6-9,16-17H,5,10-13H2,1-4H3,(H,22,24)/t16-,17+,21-/m0/s1. The molecule has 1 aromatic rings. The number of carbonyl (C=O) groups is 2. The van der Waals surface area contributed by atoms with E-state index in [0.717, 1.165) is 24.8 Å². The molecular weight excluding hydrogens is 346 g/mol. The van der Waals surface area contributed by atoms with E-state index in [-0.39, 0.29) is 23.7 Å². The predicted octanol–water partition coefficient (Wildman–Crippen LogP) is 4.00. The van der Waals surface area contributed by atoms with Crippen LogP contribution in [0.2, 0.25) is 0 Å². The van der Waals surface area contributed by atoms with Gasteiger partial charge in [0.1, 0.15) is 5.60 Å². The molecule has 1 heterocycles. The molecule has 1 aliphatic heterocycles. The van der Waals surface area contributed by atoms with Crippen LogP contribution in [0.25, 0.3) is 0 Å². The number of benzene rings is 1. The lowest BCUT2D eigenvalue weighted by Gasteiger charge is -2.54. The molecule has 1 saturated heterocycles. The molecule has 0 unspecified atom stereocenters. The van der Waals surface area contributed by atoms with Crippen LogP contribution in [-0.4, -0.2) is 36.4 Å². The number of carbonyl (C=O) groups excluding carboxylic acids is 2. The molecule has 27 heavy (non-hydrogen) atoms. The lowest BCUT2D eigenvalue weighted by molar-refractivity contribution is -0.117. The number of nitrogens with one attached hydrogen (secondary N) is 1. The fourth-order valence-corrected chi connectivity index (χ4v) is 3.79. The molecule has 0 radical (unpaired) electrons. The Labute approximate surface area is 160 Å². The highest BCUT2D eigenvalue weighted by Crippen LogP contribution is 2.49. The van der Waals surface area contributed by atoms with Gasteiger partial charge in [-0.25, -0.2) is 9.59 Å². The lowest BCUT2D eigenvalue weighted by Crippen LogP contribution is -2.65. The smallest absolute Gasteiger partial charge is 0.408 e. The highest BCUT2D eigenvalue weighted by Gasteiger charge is 2.52. The first-order valence-electron chi connectivity index (χ1n) is 9.62. The van der Waals surface area contributed by atoms with Gasteiger partial charge in [0, 0.05) is 0 Å². The van der Waals surface area contributed by atoms with Crippen LogP contribution in [0.3, 0.4) is 0 Å². The van der Waals surface area contributed by atoms with E-state index in [1.54, 1.807) is 19.1 Å². The van der Waals surface area contributed by atoms with Gasteiger partial charge in [0.05, 0.1) is 30.4 Å². The van der Waals surface area contributed by atoms with Gasteiger partial charge < -0.3 is 19.5 Å². The van der Waals surface area contributed by atoms with E-state index < -0.39 is 5.60 Å². The average molecular weight is 375 g/mol. The first-order chi connectivity index (χ1) is 12.7. The summed E-state index contributed by atoms with van der Waals surface area (Å²) in [4.78, 5) is 24.0. The molecule has 1 aliphatic carbocycles. The molecule has 1 saturated carbocycles. The van der Waals surface area contributed by atoms with E-state index in [2.05, 4.69) is 5.32 Å². The molecule has 0 spiro atoms. The minimum absolute atomic E-state index is 0.0277. The van der Waals surface area contributed by atoms with Crippen molar-refractivity contribution in [2.45, 2.75) is 64.2 Å². The molecular formula is C21H29NO5. The van der Waals surface area contributed by atoms with E-state index in [1.165, 1.54) is 0 Å². The molecule has 1 amide bonds. The molecule has 6 heteroatoms. The zero-order chi connectivity index (χ0) is 19.7. The fraction of sp³-hybridized carbons (Fsp3) is 0.619. The number of hydrogen-bond acceptors (Lipinski definition) is 5. The summed E-state index contributed by atoms with van der Waals surface area (Å²) in [6, 6.07) is 7.39. The number of amides is 1. The Morgan fingerprint density at radius 3 is 2.48 bits per heavy atom. The Hall–Kier alpha value is -2.08. The molecule has 0 aromatic heterocycles. The van der Waals surface area contributed by atoms with Crippen LogP contribution in [-0.2, 0) is 14.2 Å². The summed E-state index contributed by atoms with van der Waals surface area (Å²) < 4.78 is 16.5. The Morgan fingerprint density at radius 2 is 1.96 bits per heavy atom. The zero-order valence-electron chi connectivity index (χ0n) is 16.5. The Balaban J connectivity index is 1.60. The first kappa shape index (κ1) is 19.7. The van der Waals surface area contributed by atoms with Crippen LogP contribution in [0.15, 0.2) is 24.3 Å². The quantitative estimate of drug-likeness (QED) is 0.805. The molecule has 0 bridgehead atoms. The number of hydrogen-bond donors (Lipinski definition) is 1. The zero-order valence-corrected chi connectivity index (χ0v) is 16.5. The van der Waals surface area contributed by atoms with Gasteiger partial charge in [-0.2, -0.15) is 0 Å². The summed E-state index contributed by atoms with van der Waals surface area (Å²) in [6.45, 7) is 8.20. The third-order valence-electron chi connectivity index (χ3n) is 5.30. The van der Waals surface area contributed by atoms with E-state index in [4.69, 9.17) is 14.2 Å². The average Bonchev–Trinajstić information content (AvgIpc) is 2.57. The molecule has 2 aliphatic rings. The third kappa shape index (κ3) is 4.43. The van der Waals surface area contributed by atoms with Crippen molar-refractivity contribution in [3.8, 4) is 0 Å². The van der Waals surface area contributed by atoms with Crippen molar-refractivity contribution in [3.63, 3.8) is 0 Å². The van der Waals surface area contributed by atoms with Gasteiger partial charge in [0.25, 0.3) is 0 Å². The summed E-state index contributed by atoms with van der Waals surface area (Å²) in [5, 5.41) is 3.05. The maximum atomic E-state index is 12.2. The second-order valence-electron chi connectivity index (χ2n) is 8.40. The van der Waals surface area contributed by atoms with Crippen LogP contribution in [0, 0.1) is 5.92 Å². The van der Waals surface area contributed by atoms with Gasteiger partial charge >= 0.3 is 12.1 Å². The van der Waals surface area contributed by atoms with Crippen LogP contribution in [0.5, 0.6) is 0 Å². The maximum Gasteiger partial charge on any atom is 0.408 e. The van der Waals surface area contributed by atoms with E-state index in [0.29, 0.717) is 24.7 Å². The molecule has 3 rings (SSSR count). The van der Waals surface area contributed by atoms with E-state index in [1.807, 2.05) is 32.9 Å². The van der Waals surface area contributed by atoms with Gasteiger partial charge in [-0.05, 0) is 70.6 Å². The number of alkyl carbamates (subject to hydrolysis) is 1. The first-order valence-corrected chi connectivity index (χ1v) is 9.62. The monoisotopic (exact) mass is 375 g/mol. The Kier molecular flexibility index (Phi) is 5.47. The van der Waals surface area contributed by atoms with Gasteiger partial charge in [-0.3, -0.25) is 0 Å². The summed E-state index contributed by atoms with van der Waals surface area (Å²) >= 11 is 0. The molecule has 148 valence electrons. The summed E-state index contributed by atoms with van der Waals surface area (Å²) in [5.74, 6) is 0.0571. The predicted molar refractivity (Wildman–Crippen MR) is 101 cm³/mol. The van der Waals surface area contributed by atoms with Crippen molar-refractivity contribution >= 4 is 12.1 Å². The number of fused-ring (bicyclic) bond motifs is 1. The van der Waals surface area contributed by atoms with Crippen molar-refractivity contribution in [1.29, 1.82) is 0 Å². The van der Waals surface area contributed by atoms with Crippen molar-refractivity contribution in [3.05, 3.63) is 35.4 Å². The summed E-state index contributed by atoms with van der Waals surface area (Å²) in [6.07, 6.45) is 2.41. The molecule has 2 fully saturated rings. The third-order valence-corrected chi connectivity index (χ3v) is 5.30. The van der Waals surface area contributed by atoms with Crippen molar-refractivity contribution in [2.24, 2.45) is 5.92 Å². The minimum Gasteiger partial charge on any atom is -0.462 e. The molecule has 3 atom stereocenters. The van der Waals surface area contributed by atoms with Crippen LogP contribution >= 0.6 is 0 Å². The second-order valence-corrected chi connectivity index (χ2v) is 8.40. The molecule has 1 N–H and O–H groups in total. The van der Waals surface area contributed by atoms with Gasteiger partial charge in [0.2, 0.25) is 0 Å². The van der Waals surface area contributed by atoms with Gasteiger partial charge in [-0.15, -0.1) is 0 Å². The SMILES string of the molecule is CCOC(=O)c1ccc([C@H]2C[C@@H]3CC[C@]3(NC(=O)OC(C)(C)C)CO2)cc1. The second kappa shape index (κ2) is 7.50. The van der Waals surface area contributed by atoms with Gasteiger partial charge in [-0.1, -0.05) is 12.1 Å². The van der Waals surface area contributed by atoms with Crippen LogP contribution < -0.4 is 5.32 Å². The van der Waals surface area contributed by atoms with Crippen LogP contribution in [0.1, 0.15) is 69.0 Å². The van der Waals surface area contributed by atoms with Crippen molar-refractivity contribution in [2.75, 3.05) is 13.2 Å². The largest absolute Gasteiger partial charge is 0.462 e. The molecule has 6 nitrogen and oxygen atoms in total. The molecule has 1 aromatic carbocycles. The Bertz CT molecular complexity index is 694. The highest BCUT2D eigenvalue weighted by molar-refractivity contribution is 5.89. The highest BCUT2D eigenvalue weighted by atomic mass is 16.6. The number of rotatable bonds is 4. The normalized spacial score (nSPS) is 27.1. The maximum absolute atomic E-state index is 12.2. The van der Waals surface area contributed by atoms with Crippen LogP contribution in [0.4, 0.5) is 4.79 Å². The summed E-state index contributed by atoms with van der Waals surface area (Å²) in [5.41, 5.74) is 0.754. The fourth-order valence-electron chi connectivity index (χ4n) is 3.79. The number of ether oxygens (including phenoxy) is 3. The number of esters is 1. The van der Waals surface area contributed by atoms with E-state index >= 15 is 0 Å². The van der Waals surface area contributed by atoms with Crippen molar-refractivity contribution < 1.29 is 23.8 Å². The Morgan fingerprint density at radius 1 is 1.26 bits per heavy atom. The lowest BCUT2D eigenvalue weighted by atomic mass is 9.63. The summed E-state index contributed by atoms with van der Waals surface area (Å²) in [7, 11) is 0. The minimum atomic E-state index is -0.515.